The monoisotopic (exact) mass is 436 g/mol. The van der Waals surface area contributed by atoms with Gasteiger partial charge >= 0.3 is 6.03 Å². The van der Waals surface area contributed by atoms with Crippen LogP contribution in [0.3, 0.4) is 0 Å². The average Bonchev–Trinajstić information content (AvgIpc) is 3.21. The van der Waals surface area contributed by atoms with Gasteiger partial charge < -0.3 is 15.0 Å². The molecule has 1 aliphatic heterocycles. The molecule has 1 saturated heterocycles. The lowest BCUT2D eigenvalue weighted by atomic mass is 10.3. The predicted molar refractivity (Wildman–Crippen MR) is 114 cm³/mol. The molecule has 2 amide bonds. The molecule has 2 aromatic carbocycles. The molecule has 1 fully saturated rings. The van der Waals surface area contributed by atoms with Crippen LogP contribution in [0.25, 0.3) is 0 Å². The third kappa shape index (κ3) is 5.42. The molecule has 8 heteroatoms. The Morgan fingerprint density at radius 1 is 1.17 bits per heavy atom. The first-order valence-electron chi connectivity index (χ1n) is 9.68. The van der Waals surface area contributed by atoms with Crippen LogP contribution in [0.15, 0.2) is 53.4 Å². The summed E-state index contributed by atoms with van der Waals surface area (Å²) in [6, 6.07) is 13.0. The van der Waals surface area contributed by atoms with Gasteiger partial charge in [-0.05, 0) is 61.4 Å². The Hall–Kier alpha value is -2.25. The van der Waals surface area contributed by atoms with E-state index in [0.717, 1.165) is 18.6 Å². The van der Waals surface area contributed by atoms with E-state index in [1.165, 1.54) is 17.0 Å². The summed E-state index contributed by atoms with van der Waals surface area (Å²) in [5, 5.41) is 2.68. The standard InChI is InChI=1S/C21H25ClN2O4S/c1-2-3-14-28-18-8-6-17(7-9-18)23-21(25)24-13-12-20(15-24)29(26,27)19-10-4-16(22)5-11-19/h4-11,20H,2-3,12-15H2,1H3,(H,23,25). The third-order valence-electron chi connectivity index (χ3n) is 4.89. The number of nitrogens with zero attached hydrogens (tertiary/aromatic N) is 1. The Morgan fingerprint density at radius 2 is 1.86 bits per heavy atom. The number of urea groups is 1. The van der Waals surface area contributed by atoms with E-state index >= 15 is 0 Å². The van der Waals surface area contributed by atoms with E-state index in [-0.39, 0.29) is 17.5 Å². The number of halogens is 1. The number of unbranched alkanes of at least 4 members (excludes halogenated alkanes) is 1. The Morgan fingerprint density at radius 3 is 2.52 bits per heavy atom. The summed E-state index contributed by atoms with van der Waals surface area (Å²) in [4.78, 5) is 14.3. The summed E-state index contributed by atoms with van der Waals surface area (Å²) in [5.74, 6) is 0.756. The number of amides is 2. The Bertz CT molecular complexity index is 930. The van der Waals surface area contributed by atoms with E-state index in [1.807, 2.05) is 12.1 Å². The van der Waals surface area contributed by atoms with Crippen molar-refractivity contribution in [2.75, 3.05) is 25.0 Å². The van der Waals surface area contributed by atoms with E-state index in [1.54, 1.807) is 24.3 Å². The maximum atomic E-state index is 12.8. The lowest BCUT2D eigenvalue weighted by Gasteiger charge is -2.18. The molecule has 1 N–H and O–H groups in total. The third-order valence-corrected chi connectivity index (χ3v) is 7.33. The molecule has 3 rings (SSSR count). The number of sulfone groups is 1. The zero-order chi connectivity index (χ0) is 20.9. The van der Waals surface area contributed by atoms with Gasteiger partial charge in [0.1, 0.15) is 5.75 Å². The molecule has 0 saturated carbocycles. The van der Waals surface area contributed by atoms with E-state index in [4.69, 9.17) is 16.3 Å². The first kappa shape index (κ1) is 21.5. The minimum Gasteiger partial charge on any atom is -0.494 e. The van der Waals surface area contributed by atoms with Crippen LogP contribution in [0.4, 0.5) is 10.5 Å². The van der Waals surface area contributed by atoms with Crippen molar-refractivity contribution in [2.24, 2.45) is 0 Å². The van der Waals surface area contributed by atoms with Crippen LogP contribution in [0, 0.1) is 0 Å². The fraction of sp³-hybridized carbons (Fsp3) is 0.381. The maximum absolute atomic E-state index is 12.8. The van der Waals surface area contributed by atoms with Crippen LogP contribution in [-0.2, 0) is 9.84 Å². The van der Waals surface area contributed by atoms with Gasteiger partial charge in [0, 0.05) is 23.8 Å². The molecule has 1 unspecified atom stereocenters. The first-order valence-corrected chi connectivity index (χ1v) is 11.6. The van der Waals surface area contributed by atoms with Crippen molar-refractivity contribution in [1.82, 2.24) is 4.90 Å². The van der Waals surface area contributed by atoms with Crippen LogP contribution in [-0.4, -0.2) is 44.3 Å². The number of rotatable bonds is 7. The second-order valence-corrected chi connectivity index (χ2v) is 9.68. The summed E-state index contributed by atoms with van der Waals surface area (Å²) in [6.07, 6.45) is 2.47. The van der Waals surface area contributed by atoms with E-state index in [9.17, 15) is 13.2 Å². The molecule has 156 valence electrons. The van der Waals surface area contributed by atoms with E-state index in [2.05, 4.69) is 12.2 Å². The summed E-state index contributed by atoms with van der Waals surface area (Å²) in [6.45, 7) is 3.32. The van der Waals surface area contributed by atoms with Gasteiger partial charge in [0.2, 0.25) is 0 Å². The highest BCUT2D eigenvalue weighted by molar-refractivity contribution is 7.92. The summed E-state index contributed by atoms with van der Waals surface area (Å²) in [5.41, 5.74) is 0.641. The fourth-order valence-electron chi connectivity index (χ4n) is 3.15. The molecule has 2 aromatic rings. The lowest BCUT2D eigenvalue weighted by Crippen LogP contribution is -2.35. The summed E-state index contributed by atoms with van der Waals surface area (Å²) < 4.78 is 31.2. The zero-order valence-electron chi connectivity index (χ0n) is 16.3. The number of carbonyl (C=O) groups excluding carboxylic acids is 1. The van der Waals surface area contributed by atoms with Crippen molar-refractivity contribution in [3.05, 3.63) is 53.6 Å². The van der Waals surface area contributed by atoms with Crippen molar-refractivity contribution in [3.8, 4) is 5.75 Å². The second kappa shape index (κ2) is 9.50. The number of anilines is 1. The molecule has 29 heavy (non-hydrogen) atoms. The smallest absolute Gasteiger partial charge is 0.321 e. The minimum absolute atomic E-state index is 0.162. The van der Waals surface area contributed by atoms with Crippen LogP contribution in [0.5, 0.6) is 5.75 Å². The summed E-state index contributed by atoms with van der Waals surface area (Å²) in [7, 11) is -3.51. The molecule has 1 heterocycles. The number of hydrogen-bond acceptors (Lipinski definition) is 4. The van der Waals surface area contributed by atoms with Crippen molar-refractivity contribution in [2.45, 2.75) is 36.3 Å². The van der Waals surface area contributed by atoms with Gasteiger partial charge in [0.25, 0.3) is 0 Å². The molecule has 0 aromatic heterocycles. The normalized spacial score (nSPS) is 16.6. The molecular formula is C21H25ClN2O4S. The number of benzene rings is 2. The highest BCUT2D eigenvalue weighted by Crippen LogP contribution is 2.26. The Labute approximate surface area is 176 Å². The topological polar surface area (TPSA) is 75.7 Å². The number of likely N-dealkylation sites (tertiary alicyclic amines) is 1. The highest BCUT2D eigenvalue weighted by atomic mass is 35.5. The number of hydrogen-bond donors (Lipinski definition) is 1. The van der Waals surface area contributed by atoms with Gasteiger partial charge in [-0.15, -0.1) is 0 Å². The molecule has 1 atom stereocenters. The Balaban J connectivity index is 1.57. The fourth-order valence-corrected chi connectivity index (χ4v) is 4.97. The van der Waals surface area contributed by atoms with Gasteiger partial charge in [0.05, 0.1) is 16.8 Å². The molecule has 0 radical (unpaired) electrons. The van der Waals surface area contributed by atoms with E-state index < -0.39 is 15.1 Å². The molecule has 6 nitrogen and oxygen atoms in total. The molecule has 1 aliphatic rings. The second-order valence-electron chi connectivity index (χ2n) is 7.01. The average molecular weight is 437 g/mol. The van der Waals surface area contributed by atoms with Gasteiger partial charge in [-0.2, -0.15) is 0 Å². The van der Waals surface area contributed by atoms with Crippen LogP contribution >= 0.6 is 11.6 Å². The minimum atomic E-state index is -3.51. The lowest BCUT2D eigenvalue weighted by molar-refractivity contribution is 0.222. The quantitative estimate of drug-likeness (QED) is 0.643. The van der Waals surface area contributed by atoms with E-state index in [0.29, 0.717) is 30.3 Å². The molecule has 0 spiro atoms. The van der Waals surface area contributed by atoms with Crippen molar-refractivity contribution < 1.29 is 17.9 Å². The zero-order valence-corrected chi connectivity index (χ0v) is 17.9. The number of nitrogens with one attached hydrogen (secondary N) is 1. The van der Waals surface area contributed by atoms with Crippen LogP contribution < -0.4 is 10.1 Å². The van der Waals surface area contributed by atoms with Crippen molar-refractivity contribution >= 4 is 33.2 Å². The number of ether oxygens (including phenoxy) is 1. The van der Waals surface area contributed by atoms with Crippen molar-refractivity contribution in [3.63, 3.8) is 0 Å². The van der Waals surface area contributed by atoms with Crippen LogP contribution in [0.1, 0.15) is 26.2 Å². The SMILES string of the molecule is CCCCOc1ccc(NC(=O)N2CCC(S(=O)(=O)c3ccc(Cl)cc3)C2)cc1. The number of carbonyl (C=O) groups is 1. The van der Waals surface area contributed by atoms with Gasteiger partial charge in [-0.3, -0.25) is 0 Å². The Kier molecular flexibility index (Phi) is 7.03. The highest BCUT2D eigenvalue weighted by Gasteiger charge is 2.36. The first-order chi connectivity index (χ1) is 13.9. The molecular weight excluding hydrogens is 412 g/mol. The van der Waals surface area contributed by atoms with Gasteiger partial charge in [-0.25, -0.2) is 13.2 Å². The molecule has 0 aliphatic carbocycles. The van der Waals surface area contributed by atoms with Crippen molar-refractivity contribution in [1.29, 1.82) is 0 Å². The van der Waals surface area contributed by atoms with Crippen LogP contribution in [0.2, 0.25) is 5.02 Å². The van der Waals surface area contributed by atoms with Gasteiger partial charge in [-0.1, -0.05) is 24.9 Å². The summed E-state index contributed by atoms with van der Waals surface area (Å²) >= 11 is 5.84. The van der Waals surface area contributed by atoms with Gasteiger partial charge in [0.15, 0.2) is 9.84 Å². The molecule has 0 bridgehead atoms. The maximum Gasteiger partial charge on any atom is 0.321 e. The largest absolute Gasteiger partial charge is 0.494 e. The predicted octanol–water partition coefficient (Wildman–Crippen LogP) is 4.60.